The number of rotatable bonds is 9. The minimum atomic E-state index is -0.947. The third-order valence-corrected chi connectivity index (χ3v) is 3.01. The molecule has 0 aliphatic carbocycles. The summed E-state index contributed by atoms with van der Waals surface area (Å²) in [6.45, 7) is 0. The summed E-state index contributed by atoms with van der Waals surface area (Å²) >= 11 is 0. The molecule has 0 aromatic heterocycles. The van der Waals surface area contributed by atoms with Crippen LogP contribution in [0, 0.1) is 0 Å². The zero-order chi connectivity index (χ0) is 15.0. The molecular weight excluding hydrogens is 260 g/mol. The maximum absolute atomic E-state index is 11.8. The van der Waals surface area contributed by atoms with Crippen LogP contribution in [-0.4, -0.2) is 27.9 Å². The van der Waals surface area contributed by atoms with Gasteiger partial charge in [0.2, 0.25) is 0 Å². The second kappa shape index (κ2) is 8.09. The highest BCUT2D eigenvalue weighted by molar-refractivity contribution is 5.81. The Morgan fingerprint density at radius 3 is 2.10 bits per heavy atom. The maximum Gasteiger partial charge on any atom is 0.303 e. The zero-order valence-corrected chi connectivity index (χ0v) is 11.1. The molecular formula is C15H18O5. The van der Waals surface area contributed by atoms with E-state index in [0.29, 0.717) is 6.42 Å². The van der Waals surface area contributed by atoms with Crippen molar-refractivity contribution < 1.29 is 24.6 Å². The Balaban J connectivity index is 2.59. The first-order valence-corrected chi connectivity index (χ1v) is 6.49. The van der Waals surface area contributed by atoms with Crippen molar-refractivity contribution in [1.82, 2.24) is 0 Å². The van der Waals surface area contributed by atoms with Gasteiger partial charge in [0, 0.05) is 25.2 Å². The van der Waals surface area contributed by atoms with Gasteiger partial charge in [0.15, 0.2) is 0 Å². The molecule has 108 valence electrons. The van der Waals surface area contributed by atoms with Crippen molar-refractivity contribution in [2.75, 3.05) is 0 Å². The number of carbonyl (C=O) groups is 3. The van der Waals surface area contributed by atoms with Crippen LogP contribution >= 0.6 is 0 Å². The Morgan fingerprint density at radius 1 is 0.900 bits per heavy atom. The van der Waals surface area contributed by atoms with Gasteiger partial charge in [0.05, 0.1) is 6.42 Å². The molecule has 0 radical (unpaired) electrons. The molecule has 0 heterocycles. The van der Waals surface area contributed by atoms with Crippen LogP contribution in [0.15, 0.2) is 30.3 Å². The van der Waals surface area contributed by atoms with E-state index in [1.54, 1.807) is 24.3 Å². The van der Waals surface area contributed by atoms with E-state index in [4.69, 9.17) is 10.2 Å². The highest BCUT2D eigenvalue weighted by atomic mass is 16.4. The van der Waals surface area contributed by atoms with Crippen LogP contribution < -0.4 is 0 Å². The second-order valence-corrected chi connectivity index (χ2v) is 4.70. The van der Waals surface area contributed by atoms with Gasteiger partial charge in [-0.2, -0.15) is 0 Å². The van der Waals surface area contributed by atoms with Gasteiger partial charge in [-0.15, -0.1) is 0 Å². The fourth-order valence-corrected chi connectivity index (χ4v) is 2.06. The number of carbonyl (C=O) groups excluding carboxylic acids is 1. The molecule has 5 nitrogen and oxygen atoms in total. The van der Waals surface area contributed by atoms with E-state index in [2.05, 4.69) is 0 Å². The summed E-state index contributed by atoms with van der Waals surface area (Å²) in [5.74, 6) is -2.33. The quantitative estimate of drug-likeness (QED) is 0.724. The van der Waals surface area contributed by atoms with Crippen molar-refractivity contribution in [1.29, 1.82) is 0 Å². The lowest BCUT2D eigenvalue weighted by Crippen LogP contribution is -2.12. The number of ketones is 1. The summed E-state index contributed by atoms with van der Waals surface area (Å²) in [7, 11) is 0. The number of Topliss-reactive ketones (excluding diaryl/α,β-unsaturated/α-hetero) is 1. The third-order valence-electron chi connectivity index (χ3n) is 3.01. The Bertz CT molecular complexity index is 466. The van der Waals surface area contributed by atoms with Gasteiger partial charge in [0.1, 0.15) is 5.78 Å². The molecule has 0 aliphatic rings. The van der Waals surface area contributed by atoms with Crippen molar-refractivity contribution in [3.63, 3.8) is 0 Å². The molecule has 0 saturated carbocycles. The summed E-state index contributed by atoms with van der Waals surface area (Å²) in [4.78, 5) is 33.1. The van der Waals surface area contributed by atoms with Gasteiger partial charge < -0.3 is 10.2 Å². The lowest BCUT2D eigenvalue weighted by Gasteiger charge is -2.14. The monoisotopic (exact) mass is 278 g/mol. The molecule has 5 heteroatoms. The topological polar surface area (TPSA) is 91.7 Å². The molecule has 0 spiro atoms. The van der Waals surface area contributed by atoms with Gasteiger partial charge in [-0.3, -0.25) is 14.4 Å². The normalized spacial score (nSPS) is 11.8. The molecule has 0 aliphatic heterocycles. The van der Waals surface area contributed by atoms with Crippen LogP contribution in [0.1, 0.15) is 43.6 Å². The Hall–Kier alpha value is -2.17. The van der Waals surface area contributed by atoms with Crippen LogP contribution in [0.3, 0.4) is 0 Å². The van der Waals surface area contributed by atoms with Gasteiger partial charge in [-0.25, -0.2) is 0 Å². The standard InChI is InChI=1S/C15H18O5/c16-13(7-4-8-14(17)18)9-12(10-15(19)20)11-5-2-1-3-6-11/h1-3,5-6,12H,4,7-10H2,(H,17,18)(H,19,20). The second-order valence-electron chi connectivity index (χ2n) is 4.70. The number of carboxylic acid groups (broad SMARTS) is 2. The molecule has 2 N–H and O–H groups in total. The van der Waals surface area contributed by atoms with Crippen LogP contribution in [0.5, 0.6) is 0 Å². The van der Waals surface area contributed by atoms with Gasteiger partial charge in [-0.1, -0.05) is 30.3 Å². The average Bonchev–Trinajstić information content (AvgIpc) is 2.38. The summed E-state index contributed by atoms with van der Waals surface area (Å²) in [5, 5.41) is 17.4. The molecule has 0 fully saturated rings. The van der Waals surface area contributed by atoms with Crippen molar-refractivity contribution in [2.45, 2.75) is 38.0 Å². The Morgan fingerprint density at radius 2 is 1.55 bits per heavy atom. The summed E-state index contributed by atoms with van der Waals surface area (Å²) in [5.41, 5.74) is 0.821. The number of hydrogen-bond donors (Lipinski definition) is 2. The largest absolute Gasteiger partial charge is 0.481 e. The lowest BCUT2D eigenvalue weighted by molar-refractivity contribution is -0.138. The van der Waals surface area contributed by atoms with E-state index in [9.17, 15) is 14.4 Å². The van der Waals surface area contributed by atoms with Crippen molar-refractivity contribution in [3.05, 3.63) is 35.9 Å². The Labute approximate surface area is 117 Å². The summed E-state index contributed by atoms with van der Waals surface area (Å²) in [6, 6.07) is 9.05. The smallest absolute Gasteiger partial charge is 0.303 e. The van der Waals surface area contributed by atoms with Gasteiger partial charge in [0.25, 0.3) is 0 Å². The third kappa shape index (κ3) is 6.13. The molecule has 1 atom stereocenters. The Kier molecular flexibility index (Phi) is 6.43. The first-order chi connectivity index (χ1) is 9.49. The van der Waals surface area contributed by atoms with Crippen LogP contribution in [-0.2, 0) is 14.4 Å². The molecule has 1 unspecified atom stereocenters. The molecule has 0 saturated heterocycles. The molecule has 1 aromatic carbocycles. The number of benzene rings is 1. The van der Waals surface area contributed by atoms with E-state index in [-0.39, 0.29) is 37.4 Å². The summed E-state index contributed by atoms with van der Waals surface area (Å²) < 4.78 is 0. The zero-order valence-electron chi connectivity index (χ0n) is 11.1. The summed E-state index contributed by atoms with van der Waals surface area (Å²) in [6.07, 6.45) is 0.462. The predicted molar refractivity (Wildman–Crippen MR) is 72.5 cm³/mol. The first-order valence-electron chi connectivity index (χ1n) is 6.49. The average molecular weight is 278 g/mol. The van der Waals surface area contributed by atoms with E-state index in [1.807, 2.05) is 6.07 Å². The first kappa shape index (κ1) is 15.9. The van der Waals surface area contributed by atoms with E-state index in [0.717, 1.165) is 5.56 Å². The molecule has 20 heavy (non-hydrogen) atoms. The van der Waals surface area contributed by atoms with Crippen molar-refractivity contribution in [3.8, 4) is 0 Å². The molecule has 0 amide bonds. The van der Waals surface area contributed by atoms with E-state index < -0.39 is 11.9 Å². The fraction of sp³-hybridized carbons (Fsp3) is 0.400. The van der Waals surface area contributed by atoms with Crippen molar-refractivity contribution in [2.24, 2.45) is 0 Å². The van der Waals surface area contributed by atoms with Gasteiger partial charge in [-0.05, 0) is 12.0 Å². The maximum atomic E-state index is 11.8. The lowest BCUT2D eigenvalue weighted by atomic mass is 9.89. The van der Waals surface area contributed by atoms with Crippen LogP contribution in [0.25, 0.3) is 0 Å². The van der Waals surface area contributed by atoms with E-state index >= 15 is 0 Å². The fourth-order valence-electron chi connectivity index (χ4n) is 2.06. The molecule has 1 aromatic rings. The highest BCUT2D eigenvalue weighted by Gasteiger charge is 2.19. The SMILES string of the molecule is O=C(O)CCCC(=O)CC(CC(=O)O)c1ccccc1. The van der Waals surface area contributed by atoms with E-state index in [1.165, 1.54) is 0 Å². The minimum absolute atomic E-state index is 0.0410. The molecule has 1 rings (SSSR count). The van der Waals surface area contributed by atoms with Crippen LogP contribution in [0.2, 0.25) is 0 Å². The van der Waals surface area contributed by atoms with Crippen LogP contribution in [0.4, 0.5) is 0 Å². The minimum Gasteiger partial charge on any atom is -0.481 e. The van der Waals surface area contributed by atoms with Crippen molar-refractivity contribution >= 4 is 17.7 Å². The number of aliphatic carboxylic acids is 2. The van der Waals surface area contributed by atoms with Gasteiger partial charge >= 0.3 is 11.9 Å². The molecule has 0 bridgehead atoms. The number of hydrogen-bond acceptors (Lipinski definition) is 3. The number of carboxylic acids is 2. The highest BCUT2D eigenvalue weighted by Crippen LogP contribution is 2.24. The predicted octanol–water partition coefficient (Wildman–Crippen LogP) is 2.46.